The molecule has 0 fully saturated rings. The maximum atomic E-state index is 10.7. The van der Waals surface area contributed by atoms with Crippen LogP contribution in [0.5, 0.6) is 0 Å². The summed E-state index contributed by atoms with van der Waals surface area (Å²) in [6.45, 7) is 3.94. The van der Waals surface area contributed by atoms with Crippen molar-refractivity contribution in [2.24, 2.45) is 5.92 Å². The Kier molecular flexibility index (Phi) is 3.97. The second-order valence-electron chi connectivity index (χ2n) is 1.93. The summed E-state index contributed by atoms with van der Waals surface area (Å²) in [5, 5.41) is 0. The number of ketones is 1. The van der Waals surface area contributed by atoms with Crippen LogP contribution >= 0.6 is 12.6 Å². The van der Waals surface area contributed by atoms with Crippen molar-refractivity contribution in [1.82, 2.24) is 0 Å². The molecular weight excluding hydrogens is 120 g/mol. The molecule has 2 heteroatoms. The van der Waals surface area contributed by atoms with Gasteiger partial charge in [-0.1, -0.05) is 13.8 Å². The first-order valence-electron chi connectivity index (χ1n) is 2.86. The Morgan fingerprint density at radius 3 is 2.38 bits per heavy atom. The summed E-state index contributed by atoms with van der Waals surface area (Å²) >= 11 is 3.86. The third kappa shape index (κ3) is 2.36. The number of carbonyl (C=O) groups excluding carboxylic acids is 1. The molecule has 0 aromatic rings. The maximum absolute atomic E-state index is 10.7. The number of rotatable bonds is 3. The van der Waals surface area contributed by atoms with E-state index in [0.29, 0.717) is 5.75 Å². The van der Waals surface area contributed by atoms with Gasteiger partial charge in [0.15, 0.2) is 0 Å². The van der Waals surface area contributed by atoms with E-state index >= 15 is 0 Å². The largest absolute Gasteiger partial charge is 0.298 e. The highest BCUT2D eigenvalue weighted by atomic mass is 32.1. The van der Waals surface area contributed by atoms with Crippen LogP contribution in [0.2, 0.25) is 0 Å². The zero-order valence-electron chi connectivity index (χ0n) is 5.35. The van der Waals surface area contributed by atoms with E-state index in [2.05, 4.69) is 12.6 Å². The average molecular weight is 132 g/mol. The van der Waals surface area contributed by atoms with Crippen molar-refractivity contribution in [3.8, 4) is 0 Å². The normalized spacial score (nSPS) is 13.4. The second-order valence-corrected chi connectivity index (χ2v) is 2.25. The monoisotopic (exact) mass is 132 g/mol. The van der Waals surface area contributed by atoms with E-state index in [4.69, 9.17) is 0 Å². The number of thiol groups is 1. The molecule has 0 aliphatic rings. The third-order valence-corrected chi connectivity index (χ3v) is 1.63. The Morgan fingerprint density at radius 1 is 1.75 bits per heavy atom. The summed E-state index contributed by atoms with van der Waals surface area (Å²) < 4.78 is 0. The standard InChI is InChI=1S/C6H12OS/c1-3-5(2)6(7)4-8/h5,8H,3-4H2,1-2H3. The van der Waals surface area contributed by atoms with Crippen LogP contribution < -0.4 is 0 Å². The molecule has 1 nitrogen and oxygen atoms in total. The number of hydrogen-bond acceptors (Lipinski definition) is 2. The lowest BCUT2D eigenvalue weighted by Gasteiger charge is -2.01. The first-order chi connectivity index (χ1) is 3.72. The third-order valence-electron chi connectivity index (χ3n) is 1.32. The molecule has 0 aromatic carbocycles. The van der Waals surface area contributed by atoms with E-state index in [-0.39, 0.29) is 11.7 Å². The van der Waals surface area contributed by atoms with Gasteiger partial charge in [0.2, 0.25) is 0 Å². The van der Waals surface area contributed by atoms with E-state index < -0.39 is 0 Å². The topological polar surface area (TPSA) is 17.1 Å². The molecule has 0 rings (SSSR count). The van der Waals surface area contributed by atoms with Gasteiger partial charge in [0.05, 0.1) is 0 Å². The van der Waals surface area contributed by atoms with Crippen LogP contribution in [0.1, 0.15) is 20.3 Å². The Morgan fingerprint density at radius 2 is 2.25 bits per heavy atom. The molecule has 0 aliphatic carbocycles. The number of carbonyl (C=O) groups is 1. The van der Waals surface area contributed by atoms with Gasteiger partial charge in [0.25, 0.3) is 0 Å². The van der Waals surface area contributed by atoms with E-state index in [1.54, 1.807) is 0 Å². The van der Waals surface area contributed by atoms with Crippen molar-refractivity contribution in [3.63, 3.8) is 0 Å². The average Bonchev–Trinajstić information content (AvgIpc) is 1.84. The summed E-state index contributed by atoms with van der Waals surface area (Å²) in [5.41, 5.74) is 0. The van der Waals surface area contributed by atoms with Crippen molar-refractivity contribution >= 4 is 18.4 Å². The second kappa shape index (κ2) is 3.96. The highest BCUT2D eigenvalue weighted by Gasteiger charge is 2.06. The Labute approximate surface area is 55.9 Å². The van der Waals surface area contributed by atoms with Crippen molar-refractivity contribution in [3.05, 3.63) is 0 Å². The van der Waals surface area contributed by atoms with Gasteiger partial charge in [0, 0.05) is 11.7 Å². The molecule has 0 radical (unpaired) electrons. The SMILES string of the molecule is CCC(C)C(=O)CS. The van der Waals surface area contributed by atoms with Crippen molar-refractivity contribution in [1.29, 1.82) is 0 Å². The van der Waals surface area contributed by atoms with E-state index in [1.165, 1.54) is 0 Å². The lowest BCUT2D eigenvalue weighted by Crippen LogP contribution is -2.10. The first-order valence-corrected chi connectivity index (χ1v) is 3.49. The van der Waals surface area contributed by atoms with Crippen LogP contribution in [0, 0.1) is 5.92 Å². The minimum absolute atomic E-state index is 0.201. The fraction of sp³-hybridized carbons (Fsp3) is 0.833. The number of Topliss-reactive ketones (excluding diaryl/α,β-unsaturated/α-hetero) is 1. The van der Waals surface area contributed by atoms with Crippen LogP contribution in [0.25, 0.3) is 0 Å². The van der Waals surface area contributed by atoms with Gasteiger partial charge in [-0.15, -0.1) is 0 Å². The number of hydrogen-bond donors (Lipinski definition) is 1. The van der Waals surface area contributed by atoms with E-state index in [0.717, 1.165) is 6.42 Å². The first kappa shape index (κ1) is 8.02. The maximum Gasteiger partial charge on any atom is 0.145 e. The van der Waals surface area contributed by atoms with Gasteiger partial charge in [-0.3, -0.25) is 4.79 Å². The van der Waals surface area contributed by atoms with Gasteiger partial charge in [0.1, 0.15) is 5.78 Å². The Hall–Kier alpha value is 0.0200. The van der Waals surface area contributed by atoms with Gasteiger partial charge in [-0.25, -0.2) is 0 Å². The molecule has 0 heterocycles. The van der Waals surface area contributed by atoms with Crippen LogP contribution in [0.4, 0.5) is 0 Å². The van der Waals surface area contributed by atoms with Crippen molar-refractivity contribution in [2.75, 3.05) is 5.75 Å². The fourth-order valence-corrected chi connectivity index (χ4v) is 0.695. The molecule has 0 N–H and O–H groups in total. The van der Waals surface area contributed by atoms with Gasteiger partial charge < -0.3 is 0 Å². The molecule has 1 atom stereocenters. The minimum Gasteiger partial charge on any atom is -0.298 e. The summed E-state index contributed by atoms with van der Waals surface area (Å²) in [7, 11) is 0. The molecule has 0 aliphatic heterocycles. The smallest absolute Gasteiger partial charge is 0.145 e. The lowest BCUT2D eigenvalue weighted by atomic mass is 10.1. The van der Waals surface area contributed by atoms with Crippen LogP contribution in [0.15, 0.2) is 0 Å². The zero-order valence-corrected chi connectivity index (χ0v) is 6.24. The van der Waals surface area contributed by atoms with E-state index in [9.17, 15) is 4.79 Å². The van der Waals surface area contributed by atoms with Gasteiger partial charge >= 0.3 is 0 Å². The summed E-state index contributed by atoms with van der Waals surface area (Å²) in [4.78, 5) is 10.7. The zero-order chi connectivity index (χ0) is 6.57. The predicted molar refractivity (Wildman–Crippen MR) is 38.3 cm³/mol. The molecule has 0 saturated heterocycles. The minimum atomic E-state index is 0.201. The van der Waals surface area contributed by atoms with Crippen molar-refractivity contribution < 1.29 is 4.79 Å². The molecule has 0 spiro atoms. The van der Waals surface area contributed by atoms with Gasteiger partial charge in [-0.2, -0.15) is 12.6 Å². The molecule has 0 aromatic heterocycles. The van der Waals surface area contributed by atoms with Crippen LogP contribution in [-0.4, -0.2) is 11.5 Å². The molecule has 0 bridgehead atoms. The van der Waals surface area contributed by atoms with Gasteiger partial charge in [-0.05, 0) is 6.42 Å². The molecule has 0 saturated carbocycles. The predicted octanol–water partition coefficient (Wildman–Crippen LogP) is 1.53. The summed E-state index contributed by atoms with van der Waals surface area (Å²) in [6.07, 6.45) is 0.930. The highest BCUT2D eigenvalue weighted by molar-refractivity contribution is 7.81. The quantitative estimate of drug-likeness (QED) is 0.576. The molecular formula is C6H12OS. The van der Waals surface area contributed by atoms with Crippen LogP contribution in [0.3, 0.4) is 0 Å². The van der Waals surface area contributed by atoms with Crippen LogP contribution in [-0.2, 0) is 4.79 Å². The lowest BCUT2D eigenvalue weighted by molar-refractivity contribution is -0.119. The molecule has 1 unspecified atom stereocenters. The van der Waals surface area contributed by atoms with E-state index in [1.807, 2.05) is 13.8 Å². The molecule has 8 heavy (non-hydrogen) atoms. The summed E-state index contributed by atoms with van der Waals surface area (Å²) in [5.74, 6) is 0.831. The molecule has 48 valence electrons. The Bertz CT molecular complexity index is 80.6. The fourth-order valence-electron chi connectivity index (χ4n) is 0.384. The highest BCUT2D eigenvalue weighted by Crippen LogP contribution is 2.01. The Balaban J connectivity index is 3.46. The molecule has 0 amide bonds. The van der Waals surface area contributed by atoms with Crippen molar-refractivity contribution in [2.45, 2.75) is 20.3 Å². The summed E-state index contributed by atoms with van der Waals surface area (Å²) in [6, 6.07) is 0.